The summed E-state index contributed by atoms with van der Waals surface area (Å²) < 4.78 is 19.4. The van der Waals surface area contributed by atoms with Crippen molar-refractivity contribution in [3.05, 3.63) is 41.7 Å². The summed E-state index contributed by atoms with van der Waals surface area (Å²) in [5.41, 5.74) is 8.17. The number of benzene rings is 2. The van der Waals surface area contributed by atoms with Crippen LogP contribution in [0.5, 0.6) is 11.5 Å². The van der Waals surface area contributed by atoms with Crippen LogP contribution in [0, 0.1) is 17.1 Å². The minimum absolute atomic E-state index is 0.396. The zero-order chi connectivity index (χ0) is 16.4. The van der Waals surface area contributed by atoms with Gasteiger partial charge in [0.05, 0.1) is 12.2 Å². The van der Waals surface area contributed by atoms with Crippen LogP contribution in [0.25, 0.3) is 11.1 Å². The van der Waals surface area contributed by atoms with Crippen molar-refractivity contribution in [2.45, 2.75) is 0 Å². The molecule has 120 valence electrons. The zero-order valence-corrected chi connectivity index (χ0v) is 12.5. The molecule has 6 heteroatoms. The van der Waals surface area contributed by atoms with Crippen LogP contribution >= 0.6 is 0 Å². The Balaban J connectivity index is 1.95. The van der Waals surface area contributed by atoms with Crippen molar-refractivity contribution in [3.63, 3.8) is 0 Å². The Labute approximate surface area is 133 Å². The molecule has 2 aromatic carbocycles. The summed E-state index contributed by atoms with van der Waals surface area (Å²) in [7, 11) is 0. The molecule has 23 heavy (non-hydrogen) atoms. The number of hydrogen-bond acceptors (Lipinski definition) is 5. The molecule has 1 aliphatic heterocycles. The Bertz CT molecular complexity index is 745. The summed E-state index contributed by atoms with van der Waals surface area (Å²) in [6, 6.07) is 7.56. The predicted octanol–water partition coefficient (Wildman–Crippen LogP) is 2.38. The highest BCUT2D eigenvalue weighted by molar-refractivity contribution is 5.91. The molecule has 5 nitrogen and oxygen atoms in total. The number of nitrogens with one attached hydrogen (secondary N) is 2. The van der Waals surface area contributed by atoms with Crippen LogP contribution in [0.3, 0.4) is 0 Å². The lowest BCUT2D eigenvalue weighted by atomic mass is 10.0. The lowest BCUT2D eigenvalue weighted by Crippen LogP contribution is -2.45. The van der Waals surface area contributed by atoms with E-state index in [0.717, 1.165) is 19.3 Å². The minimum Gasteiger partial charge on any atom is -0.505 e. The molecule has 2 aromatic rings. The van der Waals surface area contributed by atoms with Gasteiger partial charge in [0.15, 0.2) is 11.6 Å². The van der Waals surface area contributed by atoms with Gasteiger partial charge in [0, 0.05) is 30.9 Å². The number of ether oxygens (including phenoxy) is 1. The predicted molar refractivity (Wildman–Crippen MR) is 87.7 cm³/mol. The van der Waals surface area contributed by atoms with Crippen molar-refractivity contribution in [1.82, 2.24) is 5.32 Å². The molecule has 1 saturated heterocycles. The van der Waals surface area contributed by atoms with E-state index in [1.807, 2.05) is 0 Å². The van der Waals surface area contributed by atoms with E-state index in [1.165, 1.54) is 12.1 Å². The van der Waals surface area contributed by atoms with Gasteiger partial charge in [0.25, 0.3) is 0 Å². The van der Waals surface area contributed by atoms with Crippen LogP contribution in [0.15, 0.2) is 30.3 Å². The molecule has 5 N–H and O–H groups in total. The van der Waals surface area contributed by atoms with Gasteiger partial charge in [-0.05, 0) is 35.4 Å². The molecule has 0 spiro atoms. The Morgan fingerprint density at radius 2 is 2.09 bits per heavy atom. The minimum atomic E-state index is -0.694. The van der Waals surface area contributed by atoms with Crippen LogP contribution in [-0.4, -0.2) is 31.0 Å². The number of rotatable bonds is 5. The summed E-state index contributed by atoms with van der Waals surface area (Å²) >= 11 is 0. The number of hydrogen-bond donors (Lipinski definition) is 4. The molecule has 0 aliphatic carbocycles. The van der Waals surface area contributed by atoms with Crippen LogP contribution < -0.4 is 15.8 Å². The van der Waals surface area contributed by atoms with E-state index in [0.29, 0.717) is 40.7 Å². The molecule has 0 radical (unpaired) electrons. The van der Waals surface area contributed by atoms with Gasteiger partial charge in [-0.2, -0.15) is 0 Å². The van der Waals surface area contributed by atoms with Crippen molar-refractivity contribution in [1.29, 1.82) is 5.41 Å². The number of aromatic hydroxyl groups is 1. The van der Waals surface area contributed by atoms with Crippen LogP contribution in [0.2, 0.25) is 0 Å². The van der Waals surface area contributed by atoms with E-state index in [-0.39, 0.29) is 0 Å². The number of nitrogen functional groups attached to an aromatic ring is 1. The molecular formula is C17H18FN3O2. The van der Waals surface area contributed by atoms with Crippen molar-refractivity contribution in [2.75, 3.05) is 25.4 Å². The van der Waals surface area contributed by atoms with Crippen molar-refractivity contribution in [2.24, 2.45) is 5.92 Å². The summed E-state index contributed by atoms with van der Waals surface area (Å²) in [5, 5.41) is 20.0. The Hall–Kier alpha value is -2.60. The van der Waals surface area contributed by atoms with Crippen LogP contribution in [0.1, 0.15) is 5.56 Å². The van der Waals surface area contributed by atoms with Crippen LogP contribution in [0.4, 0.5) is 10.1 Å². The second-order valence-corrected chi connectivity index (χ2v) is 5.62. The fraction of sp³-hybridized carbons (Fsp3) is 0.235. The normalized spacial score (nSPS) is 14.3. The second-order valence-electron chi connectivity index (χ2n) is 5.62. The largest absolute Gasteiger partial charge is 0.505 e. The lowest BCUT2D eigenvalue weighted by Gasteiger charge is -2.27. The van der Waals surface area contributed by atoms with Gasteiger partial charge in [-0.25, -0.2) is 4.39 Å². The topological polar surface area (TPSA) is 91.4 Å². The quantitative estimate of drug-likeness (QED) is 0.503. The summed E-state index contributed by atoms with van der Waals surface area (Å²) in [6.07, 6.45) is 1.16. The molecule has 1 aliphatic rings. The number of anilines is 1. The lowest BCUT2D eigenvalue weighted by molar-refractivity contribution is 0.199. The number of phenols is 1. The van der Waals surface area contributed by atoms with Crippen molar-refractivity contribution >= 4 is 11.9 Å². The van der Waals surface area contributed by atoms with Gasteiger partial charge in [-0.3, -0.25) is 0 Å². The smallest absolute Gasteiger partial charge is 0.165 e. The highest BCUT2D eigenvalue weighted by atomic mass is 19.1. The maximum atomic E-state index is 13.6. The maximum absolute atomic E-state index is 13.6. The molecule has 1 fully saturated rings. The molecule has 1 heterocycles. The third-order valence-electron chi connectivity index (χ3n) is 3.94. The maximum Gasteiger partial charge on any atom is 0.165 e. The van der Waals surface area contributed by atoms with Crippen molar-refractivity contribution in [3.8, 4) is 22.6 Å². The molecule has 3 rings (SSSR count). The van der Waals surface area contributed by atoms with Gasteiger partial charge in [0.2, 0.25) is 0 Å². The summed E-state index contributed by atoms with van der Waals surface area (Å²) in [6.45, 7) is 2.37. The summed E-state index contributed by atoms with van der Waals surface area (Å²) in [5.74, 6) is -0.132. The SMILES string of the molecule is N=Cc1c(N)cc(-c2ccc(O)c(F)c2)cc1OCC1CNC1. The molecule has 0 saturated carbocycles. The monoisotopic (exact) mass is 315 g/mol. The molecule has 0 bridgehead atoms. The van der Waals surface area contributed by atoms with Gasteiger partial charge in [-0.1, -0.05) is 6.07 Å². The average molecular weight is 315 g/mol. The molecular weight excluding hydrogens is 297 g/mol. The third kappa shape index (κ3) is 3.12. The number of nitrogens with two attached hydrogens (primary N) is 1. The second kappa shape index (κ2) is 6.26. The van der Waals surface area contributed by atoms with Gasteiger partial charge < -0.3 is 26.3 Å². The number of halogens is 1. The molecule has 0 amide bonds. The Morgan fingerprint density at radius 1 is 1.30 bits per heavy atom. The van der Waals surface area contributed by atoms with E-state index in [2.05, 4.69) is 5.32 Å². The first kappa shape index (κ1) is 15.3. The fourth-order valence-corrected chi connectivity index (χ4v) is 2.45. The van der Waals surface area contributed by atoms with Crippen molar-refractivity contribution < 1.29 is 14.2 Å². The first-order valence-corrected chi connectivity index (χ1v) is 7.35. The number of phenolic OH excluding ortho intramolecular Hbond substituents is 1. The van der Waals surface area contributed by atoms with Gasteiger partial charge in [-0.15, -0.1) is 0 Å². The third-order valence-corrected chi connectivity index (χ3v) is 3.94. The van der Waals surface area contributed by atoms with E-state index in [1.54, 1.807) is 18.2 Å². The Kier molecular flexibility index (Phi) is 4.16. The Morgan fingerprint density at radius 3 is 2.70 bits per heavy atom. The van der Waals surface area contributed by atoms with E-state index in [9.17, 15) is 9.50 Å². The first-order chi connectivity index (χ1) is 11.1. The van der Waals surface area contributed by atoms with E-state index < -0.39 is 11.6 Å². The molecule has 0 atom stereocenters. The standard InChI is InChI=1S/C17H18FN3O2/c18-14-3-11(1-2-16(14)22)12-4-15(20)13(6-19)17(5-12)23-9-10-7-21-8-10/h1-6,10,19,21-22H,7-9,20H2. The van der Waals surface area contributed by atoms with Gasteiger partial charge >= 0.3 is 0 Å². The fourth-order valence-electron chi connectivity index (χ4n) is 2.45. The van der Waals surface area contributed by atoms with Gasteiger partial charge in [0.1, 0.15) is 5.75 Å². The highest BCUT2D eigenvalue weighted by Crippen LogP contribution is 2.33. The average Bonchev–Trinajstić information content (AvgIpc) is 2.48. The van der Waals surface area contributed by atoms with Crippen LogP contribution in [-0.2, 0) is 0 Å². The molecule has 0 aromatic heterocycles. The van der Waals surface area contributed by atoms with E-state index in [4.69, 9.17) is 15.9 Å². The highest BCUT2D eigenvalue weighted by Gasteiger charge is 2.19. The first-order valence-electron chi connectivity index (χ1n) is 7.35. The van der Waals surface area contributed by atoms with E-state index >= 15 is 0 Å². The zero-order valence-electron chi connectivity index (χ0n) is 12.5. The molecule has 0 unspecified atom stereocenters. The summed E-state index contributed by atoms with van der Waals surface area (Å²) in [4.78, 5) is 0.